The van der Waals surface area contributed by atoms with E-state index in [0.29, 0.717) is 5.75 Å². The Morgan fingerprint density at radius 2 is 1.71 bits per heavy atom. The van der Waals surface area contributed by atoms with E-state index >= 15 is 0 Å². The maximum Gasteiger partial charge on any atom is 0.350 e. The van der Waals surface area contributed by atoms with Gasteiger partial charge in [0.25, 0.3) is 5.69 Å². The fourth-order valence-electron chi connectivity index (χ4n) is 2.01. The molecule has 0 aliphatic heterocycles. The van der Waals surface area contributed by atoms with E-state index in [4.69, 9.17) is 4.74 Å². The van der Waals surface area contributed by atoms with Crippen molar-refractivity contribution in [3.8, 4) is 5.75 Å². The van der Waals surface area contributed by atoms with Gasteiger partial charge in [0.1, 0.15) is 11.3 Å². The van der Waals surface area contributed by atoms with E-state index in [1.54, 1.807) is 18.2 Å². The second-order valence-electron chi connectivity index (χ2n) is 4.86. The van der Waals surface area contributed by atoms with Crippen LogP contribution < -0.4 is 4.74 Å². The van der Waals surface area contributed by atoms with Crippen molar-refractivity contribution < 1.29 is 14.5 Å². The summed E-state index contributed by atoms with van der Waals surface area (Å²) in [7, 11) is 0. The molecule has 108 valence electrons. The van der Waals surface area contributed by atoms with Crippen LogP contribution in [0, 0.1) is 10.1 Å². The Labute approximate surface area is 122 Å². The second kappa shape index (κ2) is 6.17. The van der Waals surface area contributed by atoms with E-state index in [9.17, 15) is 14.9 Å². The monoisotopic (exact) mass is 285 g/mol. The van der Waals surface area contributed by atoms with E-state index in [2.05, 4.69) is 0 Å². The number of nitro benzene ring substituents is 1. The maximum atomic E-state index is 12.2. The Kier molecular flexibility index (Phi) is 4.33. The molecule has 0 spiro atoms. The molecule has 0 amide bonds. The van der Waals surface area contributed by atoms with Crippen LogP contribution in [0.1, 0.15) is 35.7 Å². The summed E-state index contributed by atoms with van der Waals surface area (Å²) >= 11 is 0. The number of rotatable bonds is 4. The third kappa shape index (κ3) is 3.25. The Bertz CT molecular complexity index is 679. The van der Waals surface area contributed by atoms with Gasteiger partial charge in [-0.2, -0.15) is 0 Å². The number of carbonyl (C=O) groups excluding carboxylic acids is 1. The van der Waals surface area contributed by atoms with Gasteiger partial charge in [-0.15, -0.1) is 0 Å². The van der Waals surface area contributed by atoms with E-state index in [1.165, 1.54) is 18.2 Å². The lowest BCUT2D eigenvalue weighted by Gasteiger charge is -2.12. The summed E-state index contributed by atoms with van der Waals surface area (Å²) in [5.74, 6) is -0.120. The van der Waals surface area contributed by atoms with Crippen molar-refractivity contribution in [3.63, 3.8) is 0 Å². The van der Waals surface area contributed by atoms with Gasteiger partial charge in [0.2, 0.25) is 0 Å². The van der Waals surface area contributed by atoms with Gasteiger partial charge in [-0.3, -0.25) is 10.1 Å². The fraction of sp³-hybridized carbons (Fsp3) is 0.188. The van der Waals surface area contributed by atoms with Crippen LogP contribution in [-0.4, -0.2) is 10.9 Å². The first-order valence-corrected chi connectivity index (χ1v) is 6.55. The Hall–Kier alpha value is -2.69. The average molecular weight is 285 g/mol. The fourth-order valence-corrected chi connectivity index (χ4v) is 2.01. The number of hydrogen-bond donors (Lipinski definition) is 0. The van der Waals surface area contributed by atoms with Gasteiger partial charge in [-0.05, 0) is 23.6 Å². The van der Waals surface area contributed by atoms with Gasteiger partial charge < -0.3 is 4.74 Å². The van der Waals surface area contributed by atoms with Crippen LogP contribution >= 0.6 is 0 Å². The predicted molar refractivity (Wildman–Crippen MR) is 78.6 cm³/mol. The van der Waals surface area contributed by atoms with E-state index in [1.807, 2.05) is 26.0 Å². The van der Waals surface area contributed by atoms with E-state index in [-0.39, 0.29) is 17.2 Å². The Morgan fingerprint density at radius 1 is 1.10 bits per heavy atom. The van der Waals surface area contributed by atoms with Gasteiger partial charge in [0.05, 0.1) is 4.92 Å². The standard InChI is InChI=1S/C16H15NO4/c1-11(2)12-7-4-6-10-15(12)21-16(18)13-8-3-5-9-14(13)17(19)20/h3-11H,1-2H3. The Morgan fingerprint density at radius 3 is 2.38 bits per heavy atom. The molecule has 5 heteroatoms. The number of nitrogens with zero attached hydrogens (tertiary/aromatic N) is 1. The quantitative estimate of drug-likeness (QED) is 0.369. The van der Waals surface area contributed by atoms with Gasteiger partial charge in [0.15, 0.2) is 0 Å². The van der Waals surface area contributed by atoms with Crippen LogP contribution in [0.15, 0.2) is 48.5 Å². The largest absolute Gasteiger partial charge is 0.422 e. The van der Waals surface area contributed by atoms with Crippen LogP contribution in [0.5, 0.6) is 5.75 Å². The number of benzene rings is 2. The van der Waals surface area contributed by atoms with Crippen LogP contribution in [0.4, 0.5) is 5.69 Å². The molecule has 0 saturated carbocycles. The van der Waals surface area contributed by atoms with Gasteiger partial charge >= 0.3 is 5.97 Å². The summed E-state index contributed by atoms with van der Waals surface area (Å²) in [6.45, 7) is 3.97. The number of ether oxygens (including phenoxy) is 1. The molecule has 21 heavy (non-hydrogen) atoms. The van der Waals surface area contributed by atoms with Gasteiger partial charge in [0, 0.05) is 6.07 Å². The highest BCUT2D eigenvalue weighted by Gasteiger charge is 2.22. The third-order valence-electron chi connectivity index (χ3n) is 3.06. The van der Waals surface area contributed by atoms with Crippen molar-refractivity contribution >= 4 is 11.7 Å². The van der Waals surface area contributed by atoms with Crippen LogP contribution in [0.3, 0.4) is 0 Å². The zero-order valence-electron chi connectivity index (χ0n) is 11.8. The van der Waals surface area contributed by atoms with E-state index in [0.717, 1.165) is 5.56 Å². The first-order chi connectivity index (χ1) is 10.0. The van der Waals surface area contributed by atoms with Crippen molar-refractivity contribution in [1.82, 2.24) is 0 Å². The van der Waals surface area contributed by atoms with Crippen molar-refractivity contribution in [1.29, 1.82) is 0 Å². The molecule has 0 fully saturated rings. The third-order valence-corrected chi connectivity index (χ3v) is 3.06. The Balaban J connectivity index is 2.33. The highest BCUT2D eigenvalue weighted by Crippen LogP contribution is 2.27. The lowest BCUT2D eigenvalue weighted by molar-refractivity contribution is -0.385. The summed E-state index contributed by atoms with van der Waals surface area (Å²) < 4.78 is 5.34. The summed E-state index contributed by atoms with van der Waals surface area (Å²) in [6.07, 6.45) is 0. The first-order valence-electron chi connectivity index (χ1n) is 6.55. The molecule has 0 aliphatic carbocycles. The number of nitro groups is 1. The molecule has 0 heterocycles. The molecule has 0 radical (unpaired) electrons. The number of hydrogen-bond acceptors (Lipinski definition) is 4. The summed E-state index contributed by atoms with van der Waals surface area (Å²) in [4.78, 5) is 22.5. The van der Waals surface area contributed by atoms with E-state index < -0.39 is 10.9 Å². The number of para-hydroxylation sites is 2. The second-order valence-corrected chi connectivity index (χ2v) is 4.86. The van der Waals surface area contributed by atoms with Crippen molar-refractivity contribution in [2.45, 2.75) is 19.8 Å². The van der Waals surface area contributed by atoms with Crippen molar-refractivity contribution in [3.05, 3.63) is 69.8 Å². The first kappa shape index (κ1) is 14.7. The molecule has 0 bridgehead atoms. The lowest BCUT2D eigenvalue weighted by atomic mass is 10.0. The molecule has 2 aromatic carbocycles. The lowest BCUT2D eigenvalue weighted by Crippen LogP contribution is -2.12. The van der Waals surface area contributed by atoms with Crippen LogP contribution in [-0.2, 0) is 0 Å². The SMILES string of the molecule is CC(C)c1ccccc1OC(=O)c1ccccc1[N+](=O)[O-]. The molecule has 0 saturated heterocycles. The molecular weight excluding hydrogens is 270 g/mol. The minimum absolute atomic E-state index is 0.0546. The molecule has 0 aliphatic rings. The highest BCUT2D eigenvalue weighted by atomic mass is 16.6. The molecule has 0 unspecified atom stereocenters. The van der Waals surface area contributed by atoms with Crippen LogP contribution in [0.25, 0.3) is 0 Å². The van der Waals surface area contributed by atoms with Gasteiger partial charge in [-0.1, -0.05) is 44.2 Å². The predicted octanol–water partition coefficient (Wildman–Crippen LogP) is 3.94. The molecule has 0 atom stereocenters. The molecule has 5 nitrogen and oxygen atoms in total. The minimum Gasteiger partial charge on any atom is -0.422 e. The molecule has 2 aromatic rings. The summed E-state index contributed by atoms with van der Waals surface area (Å²) in [5.41, 5.74) is 0.565. The zero-order chi connectivity index (χ0) is 15.4. The normalized spacial score (nSPS) is 10.4. The molecule has 2 rings (SSSR count). The number of carbonyl (C=O) groups is 1. The van der Waals surface area contributed by atoms with Crippen molar-refractivity contribution in [2.24, 2.45) is 0 Å². The molecular formula is C16H15NO4. The topological polar surface area (TPSA) is 69.4 Å². The molecule has 0 aromatic heterocycles. The maximum absolute atomic E-state index is 12.2. The molecule has 0 N–H and O–H groups in total. The van der Waals surface area contributed by atoms with Gasteiger partial charge in [-0.25, -0.2) is 4.79 Å². The van der Waals surface area contributed by atoms with Crippen LogP contribution in [0.2, 0.25) is 0 Å². The smallest absolute Gasteiger partial charge is 0.350 e. The summed E-state index contributed by atoms with van der Waals surface area (Å²) in [5, 5.41) is 11.0. The zero-order valence-corrected chi connectivity index (χ0v) is 11.8. The van der Waals surface area contributed by atoms with Crippen molar-refractivity contribution in [2.75, 3.05) is 0 Å². The summed E-state index contributed by atoms with van der Waals surface area (Å²) in [6, 6.07) is 12.9. The highest BCUT2D eigenvalue weighted by molar-refractivity contribution is 5.95. The number of esters is 1. The minimum atomic E-state index is -0.726. The average Bonchev–Trinajstić information content (AvgIpc) is 2.47.